The molecule has 0 radical (unpaired) electrons. The predicted octanol–water partition coefficient (Wildman–Crippen LogP) is 0.938. The summed E-state index contributed by atoms with van der Waals surface area (Å²) in [5, 5.41) is 11.9. The second-order valence-corrected chi connectivity index (χ2v) is 4.90. The lowest BCUT2D eigenvalue weighted by atomic mass is 9.82. The van der Waals surface area contributed by atoms with Crippen LogP contribution in [0.25, 0.3) is 0 Å². The molecule has 1 heterocycles. The second-order valence-electron chi connectivity index (χ2n) is 4.90. The van der Waals surface area contributed by atoms with Crippen LogP contribution in [-0.4, -0.2) is 27.0 Å². The van der Waals surface area contributed by atoms with E-state index in [1.54, 1.807) is 6.07 Å². The molecular formula is C13H13N3O3. The molecule has 98 valence electrons. The lowest BCUT2D eigenvalue weighted by Crippen LogP contribution is -2.36. The van der Waals surface area contributed by atoms with Crippen molar-refractivity contribution in [2.75, 3.05) is 5.32 Å². The third-order valence-electron chi connectivity index (χ3n) is 3.85. The lowest BCUT2D eigenvalue weighted by Gasteiger charge is -2.23. The number of rotatable bonds is 3. The quantitative estimate of drug-likeness (QED) is 0.788. The van der Waals surface area contributed by atoms with Gasteiger partial charge in [-0.25, -0.2) is 9.97 Å². The molecule has 1 amide bonds. The summed E-state index contributed by atoms with van der Waals surface area (Å²) in [5.41, 5.74) is 0. The number of fused-ring (bicyclic) bond motifs is 2. The van der Waals surface area contributed by atoms with Gasteiger partial charge in [0, 0.05) is 12.4 Å². The van der Waals surface area contributed by atoms with Gasteiger partial charge in [-0.1, -0.05) is 12.2 Å². The number of nitrogens with one attached hydrogen (secondary N) is 1. The van der Waals surface area contributed by atoms with Gasteiger partial charge in [0.25, 0.3) is 0 Å². The van der Waals surface area contributed by atoms with Crippen LogP contribution in [0.2, 0.25) is 0 Å². The summed E-state index contributed by atoms with van der Waals surface area (Å²) in [4.78, 5) is 31.4. The number of anilines is 1. The summed E-state index contributed by atoms with van der Waals surface area (Å²) in [6.07, 6.45) is 7.65. The third kappa shape index (κ3) is 1.99. The normalized spacial score (nSPS) is 31.4. The van der Waals surface area contributed by atoms with Gasteiger partial charge in [0.05, 0.1) is 11.8 Å². The highest BCUT2D eigenvalue weighted by Crippen LogP contribution is 2.48. The van der Waals surface area contributed by atoms with Gasteiger partial charge in [-0.15, -0.1) is 0 Å². The van der Waals surface area contributed by atoms with Gasteiger partial charge in [-0.2, -0.15) is 0 Å². The number of allylic oxidation sites excluding steroid dienone is 2. The molecule has 6 heteroatoms. The molecule has 0 unspecified atom stereocenters. The van der Waals surface area contributed by atoms with E-state index in [2.05, 4.69) is 15.3 Å². The zero-order valence-electron chi connectivity index (χ0n) is 10.1. The first-order valence-electron chi connectivity index (χ1n) is 6.16. The number of aliphatic carboxylic acids is 1. The van der Waals surface area contributed by atoms with Crippen molar-refractivity contribution >= 4 is 17.8 Å². The molecule has 1 fully saturated rings. The van der Waals surface area contributed by atoms with Crippen molar-refractivity contribution < 1.29 is 14.7 Å². The first-order valence-corrected chi connectivity index (χ1v) is 6.16. The van der Waals surface area contributed by atoms with E-state index < -0.39 is 17.8 Å². The number of carbonyl (C=O) groups is 2. The second kappa shape index (κ2) is 4.46. The highest BCUT2D eigenvalue weighted by molar-refractivity contribution is 5.95. The smallest absolute Gasteiger partial charge is 0.307 e. The van der Waals surface area contributed by atoms with E-state index in [1.807, 2.05) is 12.2 Å². The van der Waals surface area contributed by atoms with Crippen LogP contribution >= 0.6 is 0 Å². The van der Waals surface area contributed by atoms with Crippen LogP contribution in [0, 0.1) is 23.7 Å². The molecule has 2 aliphatic carbocycles. The number of carbonyl (C=O) groups excluding carboxylic acids is 1. The Morgan fingerprint density at radius 1 is 1.16 bits per heavy atom. The van der Waals surface area contributed by atoms with Gasteiger partial charge in [0.2, 0.25) is 11.9 Å². The number of amides is 1. The number of hydrogen-bond acceptors (Lipinski definition) is 4. The average Bonchev–Trinajstić information content (AvgIpc) is 2.99. The Kier molecular flexibility index (Phi) is 2.77. The van der Waals surface area contributed by atoms with E-state index in [4.69, 9.17) is 0 Å². The zero-order chi connectivity index (χ0) is 13.4. The van der Waals surface area contributed by atoms with Gasteiger partial charge < -0.3 is 5.11 Å². The summed E-state index contributed by atoms with van der Waals surface area (Å²) in [7, 11) is 0. The largest absolute Gasteiger partial charge is 0.481 e. The van der Waals surface area contributed by atoms with Crippen molar-refractivity contribution in [1.82, 2.24) is 9.97 Å². The highest BCUT2D eigenvalue weighted by atomic mass is 16.4. The summed E-state index contributed by atoms with van der Waals surface area (Å²) in [5.74, 6) is -2.20. The molecule has 0 spiro atoms. The van der Waals surface area contributed by atoms with Gasteiger partial charge >= 0.3 is 5.97 Å². The van der Waals surface area contributed by atoms with Crippen LogP contribution in [0.3, 0.4) is 0 Å². The Morgan fingerprint density at radius 2 is 1.79 bits per heavy atom. The van der Waals surface area contributed by atoms with Crippen LogP contribution < -0.4 is 5.32 Å². The van der Waals surface area contributed by atoms with Crippen LogP contribution in [0.5, 0.6) is 0 Å². The molecule has 1 aromatic rings. The number of nitrogens with zero attached hydrogens (tertiary/aromatic N) is 2. The number of aromatic nitrogens is 2. The van der Waals surface area contributed by atoms with Crippen molar-refractivity contribution in [3.8, 4) is 0 Å². The minimum atomic E-state index is -0.911. The predicted molar refractivity (Wildman–Crippen MR) is 66.0 cm³/mol. The molecule has 0 aliphatic heterocycles. The maximum absolute atomic E-state index is 12.2. The van der Waals surface area contributed by atoms with E-state index >= 15 is 0 Å². The maximum atomic E-state index is 12.2. The summed E-state index contributed by atoms with van der Waals surface area (Å²) < 4.78 is 0. The maximum Gasteiger partial charge on any atom is 0.307 e. The number of carboxylic acids is 1. The van der Waals surface area contributed by atoms with E-state index in [0.717, 1.165) is 6.42 Å². The molecule has 1 saturated carbocycles. The van der Waals surface area contributed by atoms with Crippen LogP contribution in [0.15, 0.2) is 30.6 Å². The fourth-order valence-electron chi connectivity index (χ4n) is 3.07. The van der Waals surface area contributed by atoms with Crippen molar-refractivity contribution in [3.05, 3.63) is 30.6 Å². The molecule has 19 heavy (non-hydrogen) atoms. The molecule has 2 aliphatic rings. The fourth-order valence-corrected chi connectivity index (χ4v) is 3.07. The molecule has 4 atom stereocenters. The third-order valence-corrected chi connectivity index (χ3v) is 3.85. The Balaban J connectivity index is 1.79. The van der Waals surface area contributed by atoms with Crippen molar-refractivity contribution in [3.63, 3.8) is 0 Å². The number of carboxylic acid groups (broad SMARTS) is 1. The molecule has 1 aromatic heterocycles. The van der Waals surface area contributed by atoms with Crippen LogP contribution in [-0.2, 0) is 9.59 Å². The van der Waals surface area contributed by atoms with E-state index in [9.17, 15) is 14.7 Å². The first-order chi connectivity index (χ1) is 9.16. The highest BCUT2D eigenvalue weighted by Gasteiger charge is 2.51. The minimum Gasteiger partial charge on any atom is -0.481 e. The summed E-state index contributed by atoms with van der Waals surface area (Å²) >= 11 is 0. The Bertz CT molecular complexity index is 543. The van der Waals surface area contributed by atoms with Crippen LogP contribution in [0.1, 0.15) is 6.42 Å². The van der Waals surface area contributed by atoms with Gasteiger partial charge in [-0.3, -0.25) is 14.9 Å². The van der Waals surface area contributed by atoms with E-state index in [0.29, 0.717) is 0 Å². The standard InChI is InChI=1S/C13H13N3O3/c17-11(16-13-14-4-1-5-15-13)9-7-2-3-8(6-7)10(9)12(18)19/h1-5,7-10H,6H2,(H,18,19)(H,14,15,16,17)/t7-,8+,9-,10+/m1/s1. The Hall–Kier alpha value is -2.24. The molecule has 2 bridgehead atoms. The zero-order valence-corrected chi connectivity index (χ0v) is 10.1. The van der Waals surface area contributed by atoms with Crippen LogP contribution in [0.4, 0.5) is 5.95 Å². The fraction of sp³-hybridized carbons (Fsp3) is 0.385. The van der Waals surface area contributed by atoms with Gasteiger partial charge in [-0.05, 0) is 24.3 Å². The van der Waals surface area contributed by atoms with E-state index in [1.165, 1.54) is 12.4 Å². The summed E-state index contributed by atoms with van der Waals surface area (Å²) in [6, 6.07) is 1.65. The van der Waals surface area contributed by atoms with Crippen molar-refractivity contribution in [2.24, 2.45) is 23.7 Å². The monoisotopic (exact) mass is 259 g/mol. The molecule has 3 rings (SSSR count). The lowest BCUT2D eigenvalue weighted by molar-refractivity contribution is -0.146. The van der Waals surface area contributed by atoms with Crippen molar-refractivity contribution in [1.29, 1.82) is 0 Å². The Labute approximate surface area is 109 Å². The first kappa shape index (κ1) is 11.8. The van der Waals surface area contributed by atoms with Crippen molar-refractivity contribution in [2.45, 2.75) is 6.42 Å². The molecule has 0 saturated heterocycles. The average molecular weight is 259 g/mol. The van der Waals surface area contributed by atoms with Gasteiger partial charge in [0.1, 0.15) is 0 Å². The molecule has 6 nitrogen and oxygen atoms in total. The molecule has 0 aromatic carbocycles. The van der Waals surface area contributed by atoms with Gasteiger partial charge in [0.15, 0.2) is 0 Å². The Morgan fingerprint density at radius 3 is 2.42 bits per heavy atom. The summed E-state index contributed by atoms with van der Waals surface area (Å²) in [6.45, 7) is 0. The molecule has 2 N–H and O–H groups in total. The van der Waals surface area contributed by atoms with E-state index in [-0.39, 0.29) is 23.7 Å². The SMILES string of the molecule is O=C(O)[C@@H]1[C@H](C(=O)Nc2ncccn2)[C@@H]2C=C[C@H]1C2. The number of hydrogen-bond donors (Lipinski definition) is 2. The molecular weight excluding hydrogens is 246 g/mol. The minimum absolute atomic E-state index is 0.00909. The topological polar surface area (TPSA) is 92.2 Å².